The van der Waals surface area contributed by atoms with Crippen LogP contribution in [0, 0.1) is 0 Å². The van der Waals surface area contributed by atoms with Gasteiger partial charge in [0.05, 0.1) is 11.0 Å². The Balaban J connectivity index is 2.12. The standard InChI is InChI=1S/C12H12BrN3OS/c1-7(9-3-5-10(13)6-4-9)15-16-12-14-11(17)8(2)18-12/h3-6,8H,1-2H3,(H,14,16,17)/b15-7+/t8-/m0/s1. The number of rotatable bonds is 2. The lowest BCUT2D eigenvalue weighted by molar-refractivity contribution is -0.118. The molecule has 94 valence electrons. The zero-order valence-electron chi connectivity index (χ0n) is 9.98. The van der Waals surface area contributed by atoms with Crippen LogP contribution in [0.1, 0.15) is 19.4 Å². The van der Waals surface area contributed by atoms with Crippen LogP contribution in [-0.4, -0.2) is 22.0 Å². The Morgan fingerprint density at radius 1 is 1.39 bits per heavy atom. The number of halogens is 1. The van der Waals surface area contributed by atoms with Crippen molar-refractivity contribution in [1.82, 2.24) is 5.32 Å². The zero-order valence-corrected chi connectivity index (χ0v) is 12.4. The van der Waals surface area contributed by atoms with Crippen LogP contribution in [0.3, 0.4) is 0 Å². The SMILES string of the molecule is C/C(=N\N=C1\NC(=O)[C@H](C)S1)c1ccc(Br)cc1. The van der Waals surface area contributed by atoms with Gasteiger partial charge in [-0.15, -0.1) is 5.10 Å². The number of hydrogen-bond donors (Lipinski definition) is 1. The van der Waals surface area contributed by atoms with Crippen molar-refractivity contribution in [1.29, 1.82) is 0 Å². The number of carbonyl (C=O) groups excluding carboxylic acids is 1. The minimum Gasteiger partial charge on any atom is -0.303 e. The highest BCUT2D eigenvalue weighted by atomic mass is 79.9. The van der Waals surface area contributed by atoms with Crippen LogP contribution in [0.15, 0.2) is 38.9 Å². The highest BCUT2D eigenvalue weighted by Gasteiger charge is 2.25. The van der Waals surface area contributed by atoms with Gasteiger partial charge in [-0.1, -0.05) is 39.8 Å². The third-order valence-corrected chi connectivity index (χ3v) is 3.94. The van der Waals surface area contributed by atoms with Crippen molar-refractivity contribution >= 4 is 44.5 Å². The Kier molecular flexibility index (Phi) is 4.19. The highest BCUT2D eigenvalue weighted by molar-refractivity contribution is 9.10. The first-order valence-corrected chi connectivity index (χ1v) is 7.09. The maximum Gasteiger partial charge on any atom is 0.239 e. The Hall–Kier alpha value is -1.14. The molecule has 1 heterocycles. The lowest BCUT2D eigenvalue weighted by atomic mass is 10.1. The topological polar surface area (TPSA) is 53.8 Å². The number of nitrogens with one attached hydrogen (secondary N) is 1. The van der Waals surface area contributed by atoms with E-state index < -0.39 is 0 Å². The highest BCUT2D eigenvalue weighted by Crippen LogP contribution is 2.18. The fraction of sp³-hybridized carbons (Fsp3) is 0.250. The van der Waals surface area contributed by atoms with Crippen LogP contribution >= 0.6 is 27.7 Å². The van der Waals surface area contributed by atoms with Crippen LogP contribution in [-0.2, 0) is 4.79 Å². The lowest BCUT2D eigenvalue weighted by Crippen LogP contribution is -2.23. The van der Waals surface area contributed by atoms with Gasteiger partial charge in [-0.05, 0) is 31.5 Å². The van der Waals surface area contributed by atoms with Crippen LogP contribution in [0.4, 0.5) is 0 Å². The molecule has 1 aliphatic heterocycles. The van der Waals surface area contributed by atoms with E-state index in [0.717, 1.165) is 15.7 Å². The summed E-state index contributed by atoms with van der Waals surface area (Å²) in [5.41, 5.74) is 1.81. The largest absolute Gasteiger partial charge is 0.303 e. The Bertz CT molecular complexity index is 525. The minimum absolute atomic E-state index is 0.0183. The molecule has 18 heavy (non-hydrogen) atoms. The normalized spacial score (nSPS) is 22.4. The summed E-state index contributed by atoms with van der Waals surface area (Å²) in [5, 5.41) is 11.3. The molecule has 1 aromatic carbocycles. The van der Waals surface area contributed by atoms with E-state index in [1.165, 1.54) is 11.8 Å². The number of benzene rings is 1. The van der Waals surface area contributed by atoms with Crippen molar-refractivity contribution in [2.45, 2.75) is 19.1 Å². The molecule has 0 radical (unpaired) electrons. The van der Waals surface area contributed by atoms with Crippen molar-refractivity contribution in [2.24, 2.45) is 10.2 Å². The monoisotopic (exact) mass is 325 g/mol. The van der Waals surface area contributed by atoms with Gasteiger partial charge >= 0.3 is 0 Å². The van der Waals surface area contributed by atoms with Gasteiger partial charge in [0.1, 0.15) is 0 Å². The Labute approximate surface area is 118 Å². The summed E-state index contributed by atoms with van der Waals surface area (Å²) in [6.07, 6.45) is 0. The number of carbonyl (C=O) groups is 1. The number of hydrogen-bond acceptors (Lipinski definition) is 4. The Morgan fingerprint density at radius 3 is 2.61 bits per heavy atom. The predicted octanol–water partition coefficient (Wildman–Crippen LogP) is 2.78. The molecule has 0 unspecified atom stereocenters. The first kappa shape index (κ1) is 13.3. The Morgan fingerprint density at radius 2 is 2.06 bits per heavy atom. The van der Waals surface area contributed by atoms with Gasteiger partial charge in [0.25, 0.3) is 0 Å². The molecule has 1 aliphatic rings. The minimum atomic E-state index is -0.0908. The first-order chi connectivity index (χ1) is 8.56. The zero-order chi connectivity index (χ0) is 13.1. The summed E-state index contributed by atoms with van der Waals surface area (Å²) in [6, 6.07) is 7.84. The van der Waals surface area contributed by atoms with E-state index in [2.05, 4.69) is 31.4 Å². The van der Waals surface area contributed by atoms with Gasteiger partial charge in [0.15, 0.2) is 5.17 Å². The molecule has 0 spiro atoms. The maximum atomic E-state index is 11.3. The fourth-order valence-electron chi connectivity index (χ4n) is 1.38. The molecule has 4 nitrogen and oxygen atoms in total. The van der Waals surface area contributed by atoms with Gasteiger partial charge < -0.3 is 5.32 Å². The molecule has 2 rings (SSSR count). The van der Waals surface area contributed by atoms with E-state index in [-0.39, 0.29) is 11.2 Å². The summed E-state index contributed by atoms with van der Waals surface area (Å²) >= 11 is 4.77. The number of amidine groups is 1. The molecule has 1 saturated heterocycles. The van der Waals surface area contributed by atoms with Gasteiger partial charge in [0.2, 0.25) is 5.91 Å². The van der Waals surface area contributed by atoms with E-state index >= 15 is 0 Å². The van der Waals surface area contributed by atoms with Crippen molar-refractivity contribution in [3.63, 3.8) is 0 Å². The van der Waals surface area contributed by atoms with E-state index in [9.17, 15) is 4.79 Å². The molecule has 0 saturated carbocycles. The predicted molar refractivity (Wildman–Crippen MR) is 79.0 cm³/mol. The number of thioether (sulfide) groups is 1. The van der Waals surface area contributed by atoms with Crippen molar-refractivity contribution in [3.05, 3.63) is 34.3 Å². The summed E-state index contributed by atoms with van der Waals surface area (Å²) in [4.78, 5) is 11.3. The second-order valence-electron chi connectivity index (χ2n) is 3.85. The second kappa shape index (κ2) is 5.67. The van der Waals surface area contributed by atoms with Crippen LogP contribution in [0.2, 0.25) is 0 Å². The van der Waals surface area contributed by atoms with Crippen LogP contribution in [0.25, 0.3) is 0 Å². The van der Waals surface area contributed by atoms with Crippen molar-refractivity contribution in [3.8, 4) is 0 Å². The molecule has 6 heteroatoms. The molecule has 0 aliphatic carbocycles. The average molecular weight is 326 g/mol. The molecule has 1 fully saturated rings. The maximum absolute atomic E-state index is 11.3. The molecule has 1 N–H and O–H groups in total. The smallest absolute Gasteiger partial charge is 0.239 e. The number of amides is 1. The fourth-order valence-corrected chi connectivity index (χ4v) is 2.39. The van der Waals surface area contributed by atoms with Gasteiger partial charge in [-0.3, -0.25) is 4.79 Å². The molecular weight excluding hydrogens is 314 g/mol. The molecule has 0 bridgehead atoms. The molecule has 1 atom stereocenters. The molecule has 1 amide bonds. The summed E-state index contributed by atoms with van der Waals surface area (Å²) in [5.74, 6) is -0.0183. The van der Waals surface area contributed by atoms with Crippen molar-refractivity contribution < 1.29 is 4.79 Å². The average Bonchev–Trinajstić information content (AvgIpc) is 2.67. The van der Waals surface area contributed by atoms with E-state index in [0.29, 0.717) is 5.17 Å². The molecule has 0 aromatic heterocycles. The molecule has 1 aromatic rings. The third-order valence-electron chi connectivity index (χ3n) is 2.44. The lowest BCUT2D eigenvalue weighted by Gasteiger charge is -1.98. The van der Waals surface area contributed by atoms with Crippen molar-refractivity contribution in [2.75, 3.05) is 0 Å². The van der Waals surface area contributed by atoms with Gasteiger partial charge in [-0.2, -0.15) is 5.10 Å². The van der Waals surface area contributed by atoms with Gasteiger partial charge in [0, 0.05) is 4.47 Å². The van der Waals surface area contributed by atoms with E-state index in [1.54, 1.807) is 0 Å². The van der Waals surface area contributed by atoms with E-state index in [4.69, 9.17) is 0 Å². The van der Waals surface area contributed by atoms with E-state index in [1.807, 2.05) is 38.1 Å². The summed E-state index contributed by atoms with van der Waals surface area (Å²) in [6.45, 7) is 3.73. The second-order valence-corrected chi connectivity index (χ2v) is 6.09. The first-order valence-electron chi connectivity index (χ1n) is 5.42. The van der Waals surface area contributed by atoms with Crippen LogP contribution < -0.4 is 5.32 Å². The van der Waals surface area contributed by atoms with Crippen LogP contribution in [0.5, 0.6) is 0 Å². The molecular formula is C12H12BrN3OS. The summed E-state index contributed by atoms with van der Waals surface area (Å²) in [7, 11) is 0. The summed E-state index contributed by atoms with van der Waals surface area (Å²) < 4.78 is 1.03. The third kappa shape index (κ3) is 3.20. The van der Waals surface area contributed by atoms with Gasteiger partial charge in [-0.25, -0.2) is 0 Å². The quantitative estimate of drug-likeness (QED) is 0.671. The number of nitrogens with zero attached hydrogens (tertiary/aromatic N) is 2.